The summed E-state index contributed by atoms with van der Waals surface area (Å²) in [7, 11) is 0. The van der Waals surface area contributed by atoms with E-state index in [2.05, 4.69) is 15.3 Å². The Morgan fingerprint density at radius 1 is 1.24 bits per heavy atom. The van der Waals surface area contributed by atoms with E-state index in [0.29, 0.717) is 13.1 Å². The second-order valence-electron chi connectivity index (χ2n) is 7.63. The van der Waals surface area contributed by atoms with Gasteiger partial charge in [0, 0.05) is 43.5 Å². The summed E-state index contributed by atoms with van der Waals surface area (Å²) in [5.74, 6) is -0.636. The van der Waals surface area contributed by atoms with E-state index in [9.17, 15) is 19.5 Å². The average molecular weight is 397 g/mol. The van der Waals surface area contributed by atoms with Crippen LogP contribution in [0.15, 0.2) is 35.4 Å². The molecule has 9 heteroatoms. The van der Waals surface area contributed by atoms with Crippen LogP contribution in [0, 0.1) is 12.8 Å². The van der Waals surface area contributed by atoms with Crippen LogP contribution >= 0.6 is 0 Å². The molecule has 0 spiro atoms. The van der Waals surface area contributed by atoms with Gasteiger partial charge in [0.1, 0.15) is 12.3 Å². The molecular weight excluding hydrogens is 374 g/mol. The van der Waals surface area contributed by atoms with E-state index < -0.39 is 6.61 Å². The number of aryl methyl sites for hydroxylation is 1. The Bertz CT molecular complexity index is 987. The Kier molecular flexibility index (Phi) is 5.14. The maximum absolute atomic E-state index is 12.6. The van der Waals surface area contributed by atoms with E-state index in [-0.39, 0.29) is 47.5 Å². The van der Waals surface area contributed by atoms with Crippen molar-refractivity contribution in [2.75, 3.05) is 26.2 Å². The number of amides is 2. The Labute approximate surface area is 167 Å². The molecule has 2 aliphatic heterocycles. The zero-order valence-electron chi connectivity index (χ0n) is 16.1. The van der Waals surface area contributed by atoms with Gasteiger partial charge < -0.3 is 19.9 Å². The molecule has 0 radical (unpaired) electrons. The Morgan fingerprint density at radius 2 is 2.07 bits per heavy atom. The summed E-state index contributed by atoms with van der Waals surface area (Å²) in [6.07, 6.45) is 3.77. The molecular formula is C20H23N5O4. The van der Waals surface area contributed by atoms with E-state index in [1.807, 2.05) is 6.07 Å². The number of rotatable bonds is 4. The summed E-state index contributed by atoms with van der Waals surface area (Å²) in [5, 5.41) is 12.1. The zero-order chi connectivity index (χ0) is 20.5. The van der Waals surface area contributed by atoms with E-state index in [1.54, 1.807) is 22.5 Å². The number of aliphatic hydroxyl groups excluding tert-OH is 1. The van der Waals surface area contributed by atoms with Crippen molar-refractivity contribution in [2.24, 2.45) is 5.92 Å². The molecule has 152 valence electrons. The molecule has 0 saturated carbocycles. The molecule has 4 rings (SSSR count). The fourth-order valence-electron chi connectivity index (χ4n) is 4.41. The molecule has 2 N–H and O–H groups in total. The number of hydrogen-bond donors (Lipinski definition) is 2. The van der Waals surface area contributed by atoms with Gasteiger partial charge in [-0.2, -0.15) is 0 Å². The molecule has 0 aromatic carbocycles. The van der Waals surface area contributed by atoms with Gasteiger partial charge in [-0.05, 0) is 25.3 Å². The van der Waals surface area contributed by atoms with Gasteiger partial charge in [-0.15, -0.1) is 0 Å². The second-order valence-corrected chi connectivity index (χ2v) is 7.63. The van der Waals surface area contributed by atoms with Crippen molar-refractivity contribution in [3.63, 3.8) is 0 Å². The lowest BCUT2D eigenvalue weighted by molar-refractivity contribution is -0.137. The molecule has 2 amide bonds. The predicted octanol–water partition coefficient (Wildman–Crippen LogP) is -0.144. The summed E-state index contributed by atoms with van der Waals surface area (Å²) in [6.45, 7) is 2.43. The van der Waals surface area contributed by atoms with Gasteiger partial charge in [0.15, 0.2) is 0 Å². The van der Waals surface area contributed by atoms with Crippen LogP contribution in [-0.4, -0.2) is 62.6 Å². The molecule has 3 atom stereocenters. The molecule has 2 aromatic rings. The summed E-state index contributed by atoms with van der Waals surface area (Å²) < 4.78 is 1.75. The molecule has 1 fully saturated rings. The molecule has 1 saturated heterocycles. The molecule has 9 nitrogen and oxygen atoms in total. The maximum atomic E-state index is 12.6. The van der Waals surface area contributed by atoms with E-state index in [0.717, 1.165) is 17.8 Å². The van der Waals surface area contributed by atoms with Crippen molar-refractivity contribution >= 4 is 11.8 Å². The van der Waals surface area contributed by atoms with Gasteiger partial charge in [-0.1, -0.05) is 6.07 Å². The molecule has 2 aromatic heterocycles. The molecule has 4 heterocycles. The monoisotopic (exact) mass is 397 g/mol. The number of fused-ring (bicyclic) bond motifs is 4. The van der Waals surface area contributed by atoms with Crippen molar-refractivity contribution in [3.05, 3.63) is 58.0 Å². The Balaban J connectivity index is 1.60. The number of likely N-dealkylation sites (tertiary alicyclic amines) is 1. The first-order chi connectivity index (χ1) is 14.0. The third kappa shape index (κ3) is 3.65. The lowest BCUT2D eigenvalue weighted by Gasteiger charge is -2.46. The number of carbonyl (C=O) groups is 2. The van der Waals surface area contributed by atoms with Gasteiger partial charge in [0.05, 0.1) is 17.9 Å². The highest BCUT2D eigenvalue weighted by atomic mass is 16.3. The van der Waals surface area contributed by atoms with Gasteiger partial charge in [0.25, 0.3) is 11.5 Å². The quantitative estimate of drug-likeness (QED) is 0.741. The molecule has 2 bridgehead atoms. The van der Waals surface area contributed by atoms with E-state index in [1.165, 1.54) is 18.5 Å². The van der Waals surface area contributed by atoms with Crippen molar-refractivity contribution in [1.82, 2.24) is 24.8 Å². The third-order valence-electron chi connectivity index (χ3n) is 5.77. The smallest absolute Gasteiger partial charge is 0.271 e. The van der Waals surface area contributed by atoms with Crippen LogP contribution in [0.25, 0.3) is 0 Å². The van der Waals surface area contributed by atoms with Crippen molar-refractivity contribution in [2.45, 2.75) is 25.3 Å². The Morgan fingerprint density at radius 3 is 2.79 bits per heavy atom. The number of hydrogen-bond acceptors (Lipinski definition) is 6. The SMILES string of the molecule is Cc1cnc(C(=O)NC[C@H]2[C@H]3C[C@H](CN(C(=O)CO)C3)c3cccc(=O)n32)cn1. The lowest BCUT2D eigenvalue weighted by atomic mass is 9.78. The minimum absolute atomic E-state index is 0.00116. The first-order valence-electron chi connectivity index (χ1n) is 9.65. The van der Waals surface area contributed by atoms with E-state index in [4.69, 9.17) is 0 Å². The maximum Gasteiger partial charge on any atom is 0.271 e. The minimum Gasteiger partial charge on any atom is -0.387 e. The third-order valence-corrected chi connectivity index (χ3v) is 5.77. The normalized spacial score (nSPS) is 22.7. The summed E-state index contributed by atoms with van der Waals surface area (Å²) in [5.41, 5.74) is 1.67. The van der Waals surface area contributed by atoms with Crippen LogP contribution in [-0.2, 0) is 4.79 Å². The average Bonchev–Trinajstić information content (AvgIpc) is 2.73. The van der Waals surface area contributed by atoms with Crippen LogP contribution in [0.2, 0.25) is 0 Å². The van der Waals surface area contributed by atoms with Crippen molar-refractivity contribution in [1.29, 1.82) is 0 Å². The number of carbonyl (C=O) groups excluding carboxylic acids is 2. The topological polar surface area (TPSA) is 117 Å². The summed E-state index contributed by atoms with van der Waals surface area (Å²) in [4.78, 5) is 47.0. The van der Waals surface area contributed by atoms with Crippen LogP contribution in [0.3, 0.4) is 0 Å². The highest BCUT2D eigenvalue weighted by Crippen LogP contribution is 2.40. The number of nitrogens with zero attached hydrogens (tertiary/aromatic N) is 4. The van der Waals surface area contributed by atoms with Gasteiger partial charge in [0.2, 0.25) is 5.91 Å². The van der Waals surface area contributed by atoms with Gasteiger partial charge in [-0.25, -0.2) is 4.98 Å². The molecule has 29 heavy (non-hydrogen) atoms. The standard InChI is InChI=1S/C20H23N5O4/c1-12-6-22-15(7-21-12)20(29)23-8-17-14-5-13(9-24(10-14)19(28)11-26)16-3-2-4-18(27)25(16)17/h2-4,6-7,13-14,17,26H,5,8-11H2,1H3,(H,23,29)/t13-,14+,17+/m1/s1. The molecule has 2 aliphatic rings. The highest BCUT2D eigenvalue weighted by Gasteiger charge is 2.41. The summed E-state index contributed by atoms with van der Waals surface area (Å²) >= 11 is 0. The van der Waals surface area contributed by atoms with Crippen molar-refractivity contribution in [3.8, 4) is 0 Å². The number of nitrogens with one attached hydrogen (secondary N) is 1. The molecule has 0 aliphatic carbocycles. The minimum atomic E-state index is -0.533. The van der Waals surface area contributed by atoms with Gasteiger partial charge >= 0.3 is 0 Å². The van der Waals surface area contributed by atoms with Crippen LogP contribution in [0.1, 0.15) is 40.3 Å². The van der Waals surface area contributed by atoms with Crippen LogP contribution < -0.4 is 10.9 Å². The number of aromatic nitrogens is 3. The predicted molar refractivity (Wildman–Crippen MR) is 103 cm³/mol. The number of pyridine rings is 1. The van der Waals surface area contributed by atoms with Crippen molar-refractivity contribution < 1.29 is 14.7 Å². The molecule has 0 unspecified atom stereocenters. The fourth-order valence-corrected chi connectivity index (χ4v) is 4.41. The zero-order valence-corrected chi connectivity index (χ0v) is 16.1. The van der Waals surface area contributed by atoms with E-state index >= 15 is 0 Å². The number of aliphatic hydroxyl groups is 1. The highest BCUT2D eigenvalue weighted by molar-refractivity contribution is 5.91. The van der Waals surface area contributed by atoms with Crippen LogP contribution in [0.5, 0.6) is 0 Å². The van der Waals surface area contributed by atoms with Crippen LogP contribution in [0.4, 0.5) is 0 Å². The second kappa shape index (κ2) is 7.75. The fraction of sp³-hybridized carbons (Fsp3) is 0.450. The summed E-state index contributed by atoms with van der Waals surface area (Å²) in [6, 6.07) is 4.85. The lowest BCUT2D eigenvalue weighted by Crippen LogP contribution is -2.53. The first-order valence-corrected chi connectivity index (χ1v) is 9.65. The Hall–Kier alpha value is -3.07. The largest absolute Gasteiger partial charge is 0.387 e. The van der Waals surface area contributed by atoms with Gasteiger partial charge in [-0.3, -0.25) is 19.4 Å². The number of piperidine rings is 1. The first kappa shape index (κ1) is 19.3.